The second-order valence-electron chi connectivity index (χ2n) is 6.30. The van der Waals surface area contributed by atoms with Gasteiger partial charge in [0.15, 0.2) is 0 Å². The molecule has 0 atom stereocenters. The highest BCUT2D eigenvalue weighted by molar-refractivity contribution is 5.83. The maximum absolute atomic E-state index is 12.4. The van der Waals surface area contributed by atoms with Crippen LogP contribution in [0.5, 0.6) is 0 Å². The van der Waals surface area contributed by atoms with Gasteiger partial charge >= 0.3 is 0 Å². The van der Waals surface area contributed by atoms with Crippen molar-refractivity contribution in [3.63, 3.8) is 0 Å². The average molecular weight is 376 g/mol. The van der Waals surface area contributed by atoms with E-state index in [4.69, 9.17) is 12.2 Å². The molecule has 1 amide bonds. The number of carbonyl (C=O) groups excluding carboxylic acids is 1. The van der Waals surface area contributed by atoms with Crippen molar-refractivity contribution in [2.45, 2.75) is 27.2 Å². The summed E-state index contributed by atoms with van der Waals surface area (Å²) in [5.41, 5.74) is 11.8. The van der Waals surface area contributed by atoms with Crippen molar-refractivity contribution in [3.8, 4) is 12.3 Å². The summed E-state index contributed by atoms with van der Waals surface area (Å²) in [6.45, 7) is 9.25. The molecule has 0 bridgehead atoms. The predicted molar refractivity (Wildman–Crippen MR) is 121 cm³/mol. The normalized spacial score (nSPS) is 13.0. The largest absolute Gasteiger partial charge is 0.399 e. The highest BCUT2D eigenvalue weighted by atomic mass is 16.1. The van der Waals surface area contributed by atoms with E-state index in [2.05, 4.69) is 23.1 Å². The van der Waals surface area contributed by atoms with Crippen molar-refractivity contribution in [2.24, 2.45) is 5.73 Å². The summed E-state index contributed by atoms with van der Waals surface area (Å²) in [7, 11) is 1.85. The Hall–Kier alpha value is -3.45. The first-order chi connectivity index (χ1) is 13.3. The van der Waals surface area contributed by atoms with Gasteiger partial charge in [0.05, 0.1) is 6.42 Å². The molecule has 1 aromatic rings. The van der Waals surface area contributed by atoms with Crippen LogP contribution in [-0.2, 0) is 4.79 Å². The molecule has 0 spiro atoms. The summed E-state index contributed by atoms with van der Waals surface area (Å²) in [4.78, 5) is 12.4. The number of rotatable bonds is 8. The third kappa shape index (κ3) is 7.05. The van der Waals surface area contributed by atoms with Gasteiger partial charge in [-0.2, -0.15) is 0 Å². The van der Waals surface area contributed by atoms with Gasteiger partial charge in [0.25, 0.3) is 0 Å². The molecule has 4 N–H and O–H groups in total. The molecule has 146 valence electrons. The van der Waals surface area contributed by atoms with Crippen LogP contribution in [0.3, 0.4) is 0 Å². The van der Waals surface area contributed by atoms with Gasteiger partial charge in [-0.05, 0) is 67.3 Å². The molecule has 28 heavy (non-hydrogen) atoms. The molecule has 0 aliphatic heterocycles. The lowest BCUT2D eigenvalue weighted by Crippen LogP contribution is -2.21. The predicted octanol–water partition coefficient (Wildman–Crippen LogP) is 4.61. The van der Waals surface area contributed by atoms with Crippen LogP contribution in [-0.4, -0.2) is 13.0 Å². The third-order valence-electron chi connectivity index (χ3n) is 4.00. The molecule has 0 saturated carbocycles. The first-order valence-corrected chi connectivity index (χ1v) is 9.03. The summed E-state index contributed by atoms with van der Waals surface area (Å²) in [6, 6.07) is 5.91. The molecule has 0 saturated heterocycles. The van der Waals surface area contributed by atoms with Gasteiger partial charge in [-0.3, -0.25) is 4.79 Å². The standard InChI is InChI=1S/C24H29N3O/c1-7-10-19(13-17(4)8-2)15-24(28)27-18(5)14-21-16-20(22(25)9-3)11-12-23(21)26-6/h2,7,9-14,16,26H,1,15,25H2,3-6H3,(H,27,28)/b17-13-,18-14+,19-10+,22-9-. The fourth-order valence-electron chi connectivity index (χ4n) is 2.60. The van der Waals surface area contributed by atoms with Crippen molar-refractivity contribution in [1.82, 2.24) is 5.32 Å². The van der Waals surface area contributed by atoms with E-state index >= 15 is 0 Å². The Kier molecular flexibility index (Phi) is 9.12. The zero-order valence-corrected chi connectivity index (χ0v) is 17.1. The van der Waals surface area contributed by atoms with Crippen molar-refractivity contribution < 1.29 is 4.79 Å². The molecule has 0 unspecified atom stereocenters. The molecule has 0 aromatic heterocycles. The Labute approximate surface area is 168 Å². The number of benzene rings is 1. The summed E-state index contributed by atoms with van der Waals surface area (Å²) in [6.07, 6.45) is 14.6. The lowest BCUT2D eigenvalue weighted by molar-refractivity contribution is -0.119. The molecular formula is C24H29N3O. The Balaban J connectivity index is 3.03. The monoisotopic (exact) mass is 375 g/mol. The number of anilines is 1. The van der Waals surface area contributed by atoms with E-state index in [9.17, 15) is 4.79 Å². The van der Waals surface area contributed by atoms with Gasteiger partial charge < -0.3 is 16.4 Å². The van der Waals surface area contributed by atoms with E-state index in [-0.39, 0.29) is 12.3 Å². The quantitative estimate of drug-likeness (QED) is 0.459. The van der Waals surface area contributed by atoms with Crippen LogP contribution in [0.1, 0.15) is 38.3 Å². The topological polar surface area (TPSA) is 67.2 Å². The Morgan fingerprint density at radius 3 is 2.64 bits per heavy atom. The van der Waals surface area contributed by atoms with Gasteiger partial charge in [-0.15, -0.1) is 6.42 Å². The third-order valence-corrected chi connectivity index (χ3v) is 4.00. The minimum atomic E-state index is -0.127. The SMILES string of the molecule is C#C/C(C)=C\C(=C/C=C)CC(=O)N/C(C)=C/c1cc(/C(N)=C/C)ccc1NC. The minimum absolute atomic E-state index is 0.127. The number of nitrogens with two attached hydrogens (primary N) is 1. The zero-order valence-electron chi connectivity index (χ0n) is 17.1. The van der Waals surface area contributed by atoms with E-state index in [0.717, 1.165) is 33.7 Å². The minimum Gasteiger partial charge on any atom is -0.399 e. The highest BCUT2D eigenvalue weighted by Gasteiger charge is 2.07. The molecule has 0 fully saturated rings. The van der Waals surface area contributed by atoms with Gasteiger partial charge in [0.2, 0.25) is 5.91 Å². The fraction of sp³-hybridized carbons (Fsp3) is 0.208. The lowest BCUT2D eigenvalue weighted by atomic mass is 10.0. The lowest BCUT2D eigenvalue weighted by Gasteiger charge is -2.11. The first kappa shape index (κ1) is 22.6. The van der Waals surface area contributed by atoms with Crippen LogP contribution in [0.4, 0.5) is 5.69 Å². The van der Waals surface area contributed by atoms with Gasteiger partial charge in [0.1, 0.15) is 0 Å². The van der Waals surface area contributed by atoms with Crippen LogP contribution in [0.15, 0.2) is 65.9 Å². The van der Waals surface area contributed by atoms with Crippen molar-refractivity contribution >= 4 is 23.4 Å². The number of carbonyl (C=O) groups is 1. The number of amides is 1. The van der Waals surface area contributed by atoms with Crippen LogP contribution < -0.4 is 16.4 Å². The molecular weight excluding hydrogens is 346 g/mol. The fourth-order valence-corrected chi connectivity index (χ4v) is 2.60. The summed E-state index contributed by atoms with van der Waals surface area (Å²) in [5, 5.41) is 6.07. The molecule has 0 radical (unpaired) electrons. The molecule has 1 aromatic carbocycles. The van der Waals surface area contributed by atoms with Crippen LogP contribution >= 0.6 is 0 Å². The number of terminal acetylenes is 1. The van der Waals surface area contributed by atoms with E-state index in [0.29, 0.717) is 5.70 Å². The van der Waals surface area contributed by atoms with E-state index < -0.39 is 0 Å². The second-order valence-corrected chi connectivity index (χ2v) is 6.30. The van der Waals surface area contributed by atoms with Crippen LogP contribution in [0.25, 0.3) is 11.8 Å². The second kappa shape index (κ2) is 11.3. The zero-order chi connectivity index (χ0) is 21.1. The maximum Gasteiger partial charge on any atom is 0.228 e. The maximum atomic E-state index is 12.4. The first-order valence-electron chi connectivity index (χ1n) is 9.03. The van der Waals surface area contributed by atoms with Gasteiger partial charge in [-0.25, -0.2) is 0 Å². The summed E-state index contributed by atoms with van der Waals surface area (Å²) in [5.74, 6) is 2.43. The Morgan fingerprint density at radius 2 is 2.07 bits per heavy atom. The van der Waals surface area contributed by atoms with Crippen molar-refractivity contribution in [2.75, 3.05) is 12.4 Å². The molecule has 0 aliphatic rings. The van der Waals surface area contributed by atoms with Crippen LogP contribution in [0, 0.1) is 12.3 Å². The van der Waals surface area contributed by atoms with Crippen molar-refractivity contribution in [3.05, 3.63) is 77.1 Å². The summed E-state index contributed by atoms with van der Waals surface area (Å²) >= 11 is 0. The smallest absolute Gasteiger partial charge is 0.228 e. The van der Waals surface area contributed by atoms with Crippen LogP contribution in [0.2, 0.25) is 0 Å². The molecule has 4 heteroatoms. The number of allylic oxidation sites excluding steroid dienone is 6. The number of hydrogen-bond donors (Lipinski definition) is 3. The van der Waals surface area contributed by atoms with Gasteiger partial charge in [-0.1, -0.05) is 36.8 Å². The highest BCUT2D eigenvalue weighted by Crippen LogP contribution is 2.22. The molecule has 4 nitrogen and oxygen atoms in total. The Morgan fingerprint density at radius 1 is 1.36 bits per heavy atom. The van der Waals surface area contributed by atoms with Gasteiger partial charge in [0, 0.05) is 24.1 Å². The van der Waals surface area contributed by atoms with E-state index in [1.807, 2.05) is 64.2 Å². The molecule has 0 aliphatic carbocycles. The number of nitrogens with one attached hydrogen (secondary N) is 2. The molecule has 0 heterocycles. The Bertz CT molecular complexity index is 893. The number of hydrogen-bond acceptors (Lipinski definition) is 3. The summed E-state index contributed by atoms with van der Waals surface area (Å²) < 4.78 is 0. The van der Waals surface area contributed by atoms with E-state index in [1.54, 1.807) is 12.2 Å². The van der Waals surface area contributed by atoms with Crippen molar-refractivity contribution in [1.29, 1.82) is 0 Å². The average Bonchev–Trinajstić information content (AvgIpc) is 2.66. The molecule has 1 rings (SSSR count). The van der Waals surface area contributed by atoms with E-state index in [1.165, 1.54) is 0 Å².